The Morgan fingerprint density at radius 2 is 1.94 bits per heavy atom. The molecule has 0 saturated carbocycles. The van der Waals surface area contributed by atoms with Crippen molar-refractivity contribution in [1.29, 1.82) is 0 Å². The van der Waals surface area contributed by atoms with Gasteiger partial charge in [-0.2, -0.15) is 4.98 Å². The topological polar surface area (TPSA) is 127 Å². The van der Waals surface area contributed by atoms with Crippen LogP contribution in [0.25, 0.3) is 22.5 Å². The average molecular weight is 448 g/mol. The van der Waals surface area contributed by atoms with Gasteiger partial charge in [-0.3, -0.25) is 9.59 Å². The first-order valence-electron chi connectivity index (χ1n) is 10.8. The van der Waals surface area contributed by atoms with Crippen LogP contribution in [0, 0.1) is 0 Å². The summed E-state index contributed by atoms with van der Waals surface area (Å²) in [4.78, 5) is 35.7. The highest BCUT2D eigenvalue weighted by molar-refractivity contribution is 5.97. The third-order valence-electron chi connectivity index (χ3n) is 5.18. The van der Waals surface area contributed by atoms with Crippen molar-refractivity contribution in [2.24, 2.45) is 0 Å². The maximum absolute atomic E-state index is 13.1. The van der Waals surface area contributed by atoms with E-state index in [2.05, 4.69) is 25.6 Å². The van der Waals surface area contributed by atoms with E-state index in [0.29, 0.717) is 54.3 Å². The second kappa shape index (κ2) is 10.0. The van der Waals surface area contributed by atoms with Crippen LogP contribution in [0.4, 0.5) is 0 Å². The highest BCUT2D eigenvalue weighted by Crippen LogP contribution is 2.19. The number of carbonyl (C=O) groups is 2. The predicted octanol–water partition coefficient (Wildman–Crippen LogP) is 3.12. The summed E-state index contributed by atoms with van der Waals surface area (Å²) in [6.45, 7) is 5.20. The molecule has 3 aromatic heterocycles. The molecule has 0 aliphatic rings. The van der Waals surface area contributed by atoms with Crippen molar-refractivity contribution in [2.75, 3.05) is 19.6 Å². The van der Waals surface area contributed by atoms with Crippen LogP contribution >= 0.6 is 0 Å². The molecular formula is C23H24N6O4. The molecular weight excluding hydrogens is 424 g/mol. The third-order valence-corrected chi connectivity index (χ3v) is 5.18. The zero-order valence-electron chi connectivity index (χ0n) is 18.4. The van der Waals surface area contributed by atoms with E-state index in [1.165, 1.54) is 12.6 Å². The summed E-state index contributed by atoms with van der Waals surface area (Å²) in [5.74, 6) is 0.0239. The number of fused-ring (bicyclic) bond motifs is 1. The molecule has 10 nitrogen and oxygen atoms in total. The standard InChI is InChI=1S/C23H24N6O4/c1-3-9-29(23(31)16-7-5-6-15(11-16)20-26-14-32-28-20)10-8-24-21(30)17-12-18-19(4-2)27-33-22(18)25-13-17/h5-7,11-14H,3-4,8-10H2,1-2H3,(H,24,30). The summed E-state index contributed by atoms with van der Waals surface area (Å²) in [5.41, 5.74) is 2.80. The van der Waals surface area contributed by atoms with Gasteiger partial charge < -0.3 is 19.3 Å². The molecule has 1 N–H and O–H groups in total. The van der Waals surface area contributed by atoms with Crippen LogP contribution in [-0.4, -0.2) is 56.6 Å². The number of aromatic nitrogens is 4. The Balaban J connectivity index is 1.41. The summed E-state index contributed by atoms with van der Waals surface area (Å²) in [6, 6.07) is 8.81. The van der Waals surface area contributed by atoms with Crippen molar-refractivity contribution in [3.8, 4) is 11.4 Å². The lowest BCUT2D eigenvalue weighted by molar-refractivity contribution is 0.0748. The van der Waals surface area contributed by atoms with E-state index in [0.717, 1.165) is 17.5 Å². The van der Waals surface area contributed by atoms with Crippen LogP contribution in [-0.2, 0) is 6.42 Å². The van der Waals surface area contributed by atoms with Crippen LogP contribution in [0.3, 0.4) is 0 Å². The molecule has 0 radical (unpaired) electrons. The molecule has 0 saturated heterocycles. The Hall–Kier alpha value is -4.08. The molecule has 33 heavy (non-hydrogen) atoms. The Kier molecular flexibility index (Phi) is 6.72. The highest BCUT2D eigenvalue weighted by atomic mass is 16.5. The molecule has 0 atom stereocenters. The highest BCUT2D eigenvalue weighted by Gasteiger charge is 2.17. The van der Waals surface area contributed by atoms with Crippen LogP contribution < -0.4 is 5.32 Å². The SMILES string of the molecule is CCCN(CCNC(=O)c1cnc2onc(CC)c2c1)C(=O)c1cccc(-c2ncon2)c1. The molecule has 170 valence electrons. The fourth-order valence-corrected chi connectivity index (χ4v) is 3.52. The Labute approximate surface area is 190 Å². The number of nitrogens with zero attached hydrogens (tertiary/aromatic N) is 5. The van der Waals surface area contributed by atoms with Crippen LogP contribution in [0.5, 0.6) is 0 Å². The molecule has 4 rings (SSSR count). The van der Waals surface area contributed by atoms with E-state index >= 15 is 0 Å². The van der Waals surface area contributed by atoms with Crippen molar-refractivity contribution in [3.63, 3.8) is 0 Å². The van der Waals surface area contributed by atoms with E-state index < -0.39 is 0 Å². The number of rotatable bonds is 9. The number of hydrogen-bond acceptors (Lipinski definition) is 8. The number of carbonyl (C=O) groups excluding carboxylic acids is 2. The van der Waals surface area contributed by atoms with Gasteiger partial charge in [0.2, 0.25) is 12.2 Å². The van der Waals surface area contributed by atoms with Gasteiger partial charge in [-0.25, -0.2) is 4.98 Å². The van der Waals surface area contributed by atoms with E-state index in [1.54, 1.807) is 29.2 Å². The number of nitrogens with one attached hydrogen (secondary N) is 1. The van der Waals surface area contributed by atoms with Gasteiger partial charge in [-0.05, 0) is 31.0 Å². The molecule has 0 fully saturated rings. The lowest BCUT2D eigenvalue weighted by Gasteiger charge is -2.22. The van der Waals surface area contributed by atoms with E-state index in [-0.39, 0.29) is 11.8 Å². The minimum atomic E-state index is -0.268. The lowest BCUT2D eigenvalue weighted by atomic mass is 10.1. The zero-order valence-corrected chi connectivity index (χ0v) is 18.4. The second-order valence-corrected chi connectivity index (χ2v) is 7.44. The minimum Gasteiger partial charge on any atom is -0.350 e. The molecule has 0 aliphatic heterocycles. The summed E-state index contributed by atoms with van der Waals surface area (Å²) in [6.07, 6.45) is 4.18. The first kappa shape index (κ1) is 22.1. The van der Waals surface area contributed by atoms with E-state index in [4.69, 9.17) is 9.05 Å². The number of pyridine rings is 1. The first-order valence-corrected chi connectivity index (χ1v) is 10.8. The normalized spacial score (nSPS) is 11.0. The lowest BCUT2D eigenvalue weighted by Crippen LogP contribution is -2.39. The number of hydrogen-bond donors (Lipinski definition) is 1. The van der Waals surface area contributed by atoms with Gasteiger partial charge in [-0.15, -0.1) is 0 Å². The molecule has 1 aromatic carbocycles. The fourth-order valence-electron chi connectivity index (χ4n) is 3.52. The molecule has 0 aliphatic carbocycles. The Morgan fingerprint density at radius 3 is 2.70 bits per heavy atom. The second-order valence-electron chi connectivity index (χ2n) is 7.44. The van der Waals surface area contributed by atoms with Gasteiger partial charge in [0.25, 0.3) is 17.5 Å². The maximum atomic E-state index is 13.1. The average Bonchev–Trinajstić information content (AvgIpc) is 3.52. The zero-order chi connectivity index (χ0) is 23.2. The van der Waals surface area contributed by atoms with E-state index in [1.807, 2.05) is 19.9 Å². The summed E-state index contributed by atoms with van der Waals surface area (Å²) in [5, 5.41) is 11.4. The summed E-state index contributed by atoms with van der Waals surface area (Å²) in [7, 11) is 0. The smallest absolute Gasteiger partial charge is 0.257 e. The third kappa shape index (κ3) is 4.89. The Bertz CT molecular complexity index is 1250. The van der Waals surface area contributed by atoms with Gasteiger partial charge in [0.15, 0.2) is 0 Å². The van der Waals surface area contributed by atoms with E-state index in [9.17, 15) is 9.59 Å². The van der Waals surface area contributed by atoms with Crippen LogP contribution in [0.15, 0.2) is 52.0 Å². The van der Waals surface area contributed by atoms with Gasteiger partial charge >= 0.3 is 0 Å². The molecule has 3 heterocycles. The monoisotopic (exact) mass is 448 g/mol. The van der Waals surface area contributed by atoms with Crippen molar-refractivity contribution >= 4 is 22.9 Å². The van der Waals surface area contributed by atoms with Crippen molar-refractivity contribution in [3.05, 3.63) is 59.7 Å². The quantitative estimate of drug-likeness (QED) is 0.414. The number of aryl methyl sites for hydroxylation is 1. The number of amides is 2. The predicted molar refractivity (Wildman–Crippen MR) is 119 cm³/mol. The van der Waals surface area contributed by atoms with Crippen molar-refractivity contribution < 1.29 is 18.6 Å². The Morgan fingerprint density at radius 1 is 1.06 bits per heavy atom. The van der Waals surface area contributed by atoms with Gasteiger partial charge in [0.05, 0.1) is 16.6 Å². The van der Waals surface area contributed by atoms with Gasteiger partial charge in [0.1, 0.15) is 0 Å². The maximum Gasteiger partial charge on any atom is 0.257 e. The molecule has 0 unspecified atom stereocenters. The fraction of sp³-hybridized carbons (Fsp3) is 0.304. The van der Waals surface area contributed by atoms with Crippen LogP contribution in [0.2, 0.25) is 0 Å². The first-order chi connectivity index (χ1) is 16.1. The molecule has 2 amide bonds. The van der Waals surface area contributed by atoms with Crippen molar-refractivity contribution in [2.45, 2.75) is 26.7 Å². The van der Waals surface area contributed by atoms with Crippen LogP contribution in [0.1, 0.15) is 46.7 Å². The summed E-state index contributed by atoms with van der Waals surface area (Å²) < 4.78 is 9.95. The van der Waals surface area contributed by atoms with Crippen molar-refractivity contribution in [1.82, 2.24) is 30.5 Å². The number of benzene rings is 1. The molecule has 10 heteroatoms. The van der Waals surface area contributed by atoms with Gasteiger partial charge in [-0.1, -0.05) is 36.3 Å². The minimum absolute atomic E-state index is 0.128. The largest absolute Gasteiger partial charge is 0.350 e. The molecule has 0 bridgehead atoms. The molecule has 4 aromatic rings. The summed E-state index contributed by atoms with van der Waals surface area (Å²) >= 11 is 0. The molecule has 0 spiro atoms. The van der Waals surface area contributed by atoms with Gasteiger partial charge in [0, 0.05) is 37.0 Å².